The van der Waals surface area contributed by atoms with Crippen molar-refractivity contribution in [2.45, 2.75) is 0 Å². The average molecular weight is 332 g/mol. The van der Waals surface area contributed by atoms with Gasteiger partial charge in [-0.15, -0.1) is 0 Å². The van der Waals surface area contributed by atoms with E-state index in [1.165, 1.54) is 0 Å². The number of amides is 1. The second kappa shape index (κ2) is 7.79. The van der Waals surface area contributed by atoms with E-state index < -0.39 is 11.9 Å². The number of hydroxylamine groups is 1. The van der Waals surface area contributed by atoms with Crippen LogP contribution in [0.1, 0.15) is 20.7 Å². The molecule has 5 nitrogen and oxygen atoms in total. The van der Waals surface area contributed by atoms with E-state index in [0.29, 0.717) is 11.1 Å². The highest BCUT2D eigenvalue weighted by Crippen LogP contribution is 2.17. The lowest BCUT2D eigenvalue weighted by Gasteiger charge is -2.09. The Bertz CT molecular complexity index is 864. The van der Waals surface area contributed by atoms with E-state index in [1.54, 1.807) is 48.5 Å². The lowest BCUT2D eigenvalue weighted by molar-refractivity contribution is 0.0230. The van der Waals surface area contributed by atoms with Crippen molar-refractivity contribution < 1.29 is 14.4 Å². The first-order chi connectivity index (χ1) is 12.2. The minimum atomic E-state index is -0.618. The summed E-state index contributed by atoms with van der Waals surface area (Å²) in [6.45, 7) is 0. The lowest BCUT2D eigenvalue weighted by atomic mass is 10.2. The Morgan fingerprint density at radius 2 is 1.28 bits per heavy atom. The van der Waals surface area contributed by atoms with Gasteiger partial charge in [0.25, 0.3) is 5.91 Å². The Labute approximate surface area is 145 Å². The van der Waals surface area contributed by atoms with Crippen LogP contribution in [0.15, 0.2) is 84.9 Å². The van der Waals surface area contributed by atoms with E-state index in [4.69, 9.17) is 4.84 Å². The molecule has 0 heterocycles. The van der Waals surface area contributed by atoms with Crippen LogP contribution >= 0.6 is 0 Å². The van der Waals surface area contributed by atoms with Crippen LogP contribution in [-0.2, 0) is 4.84 Å². The second-order valence-corrected chi connectivity index (χ2v) is 5.26. The van der Waals surface area contributed by atoms with Crippen molar-refractivity contribution in [2.24, 2.45) is 0 Å². The number of carbonyl (C=O) groups is 2. The van der Waals surface area contributed by atoms with Crippen molar-refractivity contribution in [3.8, 4) is 0 Å². The molecule has 0 aromatic heterocycles. The monoisotopic (exact) mass is 332 g/mol. The summed E-state index contributed by atoms with van der Waals surface area (Å²) in [4.78, 5) is 28.9. The number of hydrogen-bond acceptors (Lipinski definition) is 4. The molecule has 0 spiro atoms. The van der Waals surface area contributed by atoms with Crippen LogP contribution in [0.2, 0.25) is 0 Å². The summed E-state index contributed by atoms with van der Waals surface area (Å²) in [5.41, 5.74) is 4.58. The number of benzene rings is 3. The first-order valence-electron chi connectivity index (χ1n) is 7.71. The molecule has 0 unspecified atom stereocenters. The predicted molar refractivity (Wildman–Crippen MR) is 95.5 cm³/mol. The zero-order valence-electron chi connectivity index (χ0n) is 13.3. The summed E-state index contributed by atoms with van der Waals surface area (Å²) in [6, 6.07) is 25.0. The number of anilines is 2. The smallest absolute Gasteiger partial charge is 0.356 e. The van der Waals surface area contributed by atoms with Crippen LogP contribution < -0.4 is 10.8 Å². The third-order valence-electron chi connectivity index (χ3n) is 3.43. The van der Waals surface area contributed by atoms with E-state index in [0.717, 1.165) is 11.4 Å². The molecule has 0 atom stereocenters. The molecule has 1 amide bonds. The zero-order valence-corrected chi connectivity index (χ0v) is 13.3. The molecule has 0 aliphatic rings. The summed E-state index contributed by atoms with van der Waals surface area (Å²) in [5, 5.41) is 3.20. The Morgan fingerprint density at radius 1 is 0.680 bits per heavy atom. The normalized spacial score (nSPS) is 9.92. The highest BCUT2D eigenvalue weighted by molar-refractivity contribution is 5.96. The van der Waals surface area contributed by atoms with E-state index in [9.17, 15) is 9.59 Å². The van der Waals surface area contributed by atoms with Gasteiger partial charge in [-0.05, 0) is 42.5 Å². The summed E-state index contributed by atoms with van der Waals surface area (Å²) in [7, 11) is 0. The molecule has 3 aromatic carbocycles. The van der Waals surface area contributed by atoms with Gasteiger partial charge in [0.15, 0.2) is 0 Å². The molecule has 0 radical (unpaired) electrons. The predicted octanol–water partition coefficient (Wildman–Crippen LogP) is 3.93. The third kappa shape index (κ3) is 4.45. The quantitative estimate of drug-likeness (QED) is 0.710. The third-order valence-corrected chi connectivity index (χ3v) is 3.43. The van der Waals surface area contributed by atoms with E-state index in [2.05, 4.69) is 10.8 Å². The number of para-hydroxylation sites is 1. The number of hydrogen-bond donors (Lipinski definition) is 2. The minimum Gasteiger partial charge on any atom is -0.356 e. The van der Waals surface area contributed by atoms with Crippen molar-refractivity contribution >= 4 is 23.3 Å². The summed E-state index contributed by atoms with van der Waals surface area (Å²) >= 11 is 0. The fourth-order valence-corrected chi connectivity index (χ4v) is 2.21. The van der Waals surface area contributed by atoms with Crippen LogP contribution in [0.4, 0.5) is 11.4 Å². The molecule has 3 aromatic rings. The molecule has 124 valence electrons. The molecule has 0 bridgehead atoms. The molecule has 25 heavy (non-hydrogen) atoms. The van der Waals surface area contributed by atoms with Gasteiger partial charge in [0.1, 0.15) is 0 Å². The van der Waals surface area contributed by atoms with Gasteiger partial charge in [0.2, 0.25) is 0 Å². The van der Waals surface area contributed by atoms with Crippen LogP contribution in [0.25, 0.3) is 0 Å². The van der Waals surface area contributed by atoms with Crippen molar-refractivity contribution in [3.05, 3.63) is 96.1 Å². The molecule has 0 aliphatic carbocycles. The maximum absolute atomic E-state index is 12.2. The van der Waals surface area contributed by atoms with Crippen molar-refractivity contribution in [2.75, 3.05) is 5.32 Å². The Morgan fingerprint density at radius 3 is 2.00 bits per heavy atom. The van der Waals surface area contributed by atoms with Gasteiger partial charge in [0.05, 0.1) is 5.56 Å². The highest BCUT2D eigenvalue weighted by Gasteiger charge is 2.11. The zero-order chi connectivity index (χ0) is 17.5. The van der Waals surface area contributed by atoms with Crippen molar-refractivity contribution in [3.63, 3.8) is 0 Å². The Balaban J connectivity index is 1.62. The Kier molecular flexibility index (Phi) is 5.07. The first-order valence-corrected chi connectivity index (χ1v) is 7.71. The largest absolute Gasteiger partial charge is 0.362 e. The van der Waals surface area contributed by atoms with Crippen molar-refractivity contribution in [1.29, 1.82) is 0 Å². The number of rotatable bonds is 4. The van der Waals surface area contributed by atoms with Crippen LogP contribution in [0, 0.1) is 0 Å². The van der Waals surface area contributed by atoms with Crippen LogP contribution in [-0.4, -0.2) is 11.9 Å². The molecule has 2 N–H and O–H groups in total. The molecule has 0 saturated heterocycles. The SMILES string of the molecule is O=C(NOC(=O)c1ccccc1)c1cccc(Nc2ccccc2)c1. The lowest BCUT2D eigenvalue weighted by Crippen LogP contribution is -2.27. The van der Waals surface area contributed by atoms with E-state index >= 15 is 0 Å². The molecule has 0 fully saturated rings. The number of nitrogens with one attached hydrogen (secondary N) is 2. The maximum atomic E-state index is 12.2. The van der Waals surface area contributed by atoms with Gasteiger partial charge >= 0.3 is 5.97 Å². The van der Waals surface area contributed by atoms with Gasteiger partial charge in [0, 0.05) is 16.9 Å². The molecule has 0 aliphatic heterocycles. The van der Waals surface area contributed by atoms with E-state index in [-0.39, 0.29) is 0 Å². The standard InChI is InChI=1S/C20H16N2O3/c23-19(22-25-20(24)15-8-3-1-4-9-15)16-10-7-13-18(14-16)21-17-11-5-2-6-12-17/h1-14,21H,(H,22,23). The fraction of sp³-hybridized carbons (Fsp3) is 0. The van der Waals surface area contributed by atoms with Crippen LogP contribution in [0.3, 0.4) is 0 Å². The van der Waals surface area contributed by atoms with Crippen LogP contribution in [0.5, 0.6) is 0 Å². The van der Waals surface area contributed by atoms with Gasteiger partial charge in [-0.3, -0.25) is 4.79 Å². The summed E-state index contributed by atoms with van der Waals surface area (Å²) in [5.74, 6) is -1.12. The fourth-order valence-electron chi connectivity index (χ4n) is 2.21. The summed E-state index contributed by atoms with van der Waals surface area (Å²) < 4.78 is 0. The van der Waals surface area contributed by atoms with E-state index in [1.807, 2.05) is 36.4 Å². The topological polar surface area (TPSA) is 67.4 Å². The molecule has 3 rings (SSSR count). The van der Waals surface area contributed by atoms with Gasteiger partial charge in [-0.1, -0.05) is 42.5 Å². The number of carbonyl (C=O) groups excluding carboxylic acids is 2. The summed E-state index contributed by atoms with van der Waals surface area (Å²) in [6.07, 6.45) is 0. The Hall–Kier alpha value is -3.60. The van der Waals surface area contributed by atoms with Gasteiger partial charge < -0.3 is 10.2 Å². The van der Waals surface area contributed by atoms with Crippen molar-refractivity contribution in [1.82, 2.24) is 5.48 Å². The second-order valence-electron chi connectivity index (χ2n) is 5.26. The molecule has 5 heteroatoms. The maximum Gasteiger partial charge on any atom is 0.362 e. The minimum absolute atomic E-state index is 0.363. The average Bonchev–Trinajstić information content (AvgIpc) is 2.67. The molecular weight excluding hydrogens is 316 g/mol. The molecular formula is C20H16N2O3. The molecule has 0 saturated carbocycles. The highest BCUT2D eigenvalue weighted by atomic mass is 16.7. The first kappa shape index (κ1) is 16.3. The van der Waals surface area contributed by atoms with Gasteiger partial charge in [-0.25, -0.2) is 4.79 Å². The van der Waals surface area contributed by atoms with Gasteiger partial charge in [-0.2, -0.15) is 5.48 Å².